The number of aliphatic hydroxyl groups is 1. The summed E-state index contributed by atoms with van der Waals surface area (Å²) in [5.74, 6) is 0.0320. The Kier molecular flexibility index (Phi) is 3.86. The van der Waals surface area contributed by atoms with Crippen LogP contribution in [0.25, 0.3) is 0 Å². The summed E-state index contributed by atoms with van der Waals surface area (Å²) in [6, 6.07) is 2.09. The van der Waals surface area contributed by atoms with Crippen LogP contribution in [-0.4, -0.2) is 18.8 Å². The maximum atomic E-state index is 13.2. The Morgan fingerprint density at radius 3 is 2.79 bits per heavy atom. The second kappa shape index (κ2) is 4.72. The Morgan fingerprint density at radius 1 is 1.64 bits per heavy atom. The van der Waals surface area contributed by atoms with Gasteiger partial charge in [0.15, 0.2) is 0 Å². The van der Waals surface area contributed by atoms with E-state index in [1.165, 1.54) is 19.2 Å². The molecule has 0 aliphatic heterocycles. The lowest BCUT2D eigenvalue weighted by atomic mass is 10.1. The molecule has 1 atom stereocenters. The third kappa shape index (κ3) is 2.05. The summed E-state index contributed by atoms with van der Waals surface area (Å²) in [4.78, 5) is 0. The first kappa shape index (κ1) is 11.4. The largest absolute Gasteiger partial charge is 0.496 e. The highest BCUT2D eigenvalue weighted by Crippen LogP contribution is 2.33. The van der Waals surface area contributed by atoms with Gasteiger partial charge in [-0.25, -0.2) is 4.39 Å². The molecule has 0 spiro atoms. The molecule has 1 rings (SSSR count). The average Bonchev–Trinajstić information content (AvgIpc) is 2.20. The first-order valence-electron chi connectivity index (χ1n) is 4.00. The van der Waals surface area contributed by atoms with Gasteiger partial charge in [-0.3, -0.25) is 0 Å². The van der Waals surface area contributed by atoms with Crippen LogP contribution in [0.4, 0.5) is 4.39 Å². The molecule has 3 N–H and O–H groups in total. The summed E-state index contributed by atoms with van der Waals surface area (Å²) in [5.41, 5.74) is 6.05. The number of hydrogen-bond acceptors (Lipinski definition) is 3. The zero-order valence-electron chi connectivity index (χ0n) is 7.63. The van der Waals surface area contributed by atoms with Gasteiger partial charge >= 0.3 is 0 Å². The number of nitrogens with two attached hydrogens (primary N) is 1. The van der Waals surface area contributed by atoms with Crippen molar-refractivity contribution >= 4 is 15.9 Å². The van der Waals surface area contributed by atoms with Gasteiger partial charge in [-0.15, -0.1) is 0 Å². The van der Waals surface area contributed by atoms with E-state index in [9.17, 15) is 4.39 Å². The number of ether oxygens (including phenoxy) is 1. The highest BCUT2D eigenvalue weighted by Gasteiger charge is 2.17. The van der Waals surface area contributed by atoms with E-state index in [2.05, 4.69) is 15.9 Å². The van der Waals surface area contributed by atoms with E-state index in [0.717, 1.165) is 0 Å². The summed E-state index contributed by atoms with van der Waals surface area (Å²) < 4.78 is 18.4. The summed E-state index contributed by atoms with van der Waals surface area (Å²) in [6.07, 6.45) is 0. The molecule has 78 valence electrons. The van der Waals surface area contributed by atoms with Crippen LogP contribution in [0.2, 0.25) is 0 Å². The molecule has 1 aromatic carbocycles. The Hall–Kier alpha value is -0.650. The predicted octanol–water partition coefficient (Wildman–Crippen LogP) is 1.59. The van der Waals surface area contributed by atoms with Crippen molar-refractivity contribution in [1.82, 2.24) is 0 Å². The molecule has 0 bridgehead atoms. The smallest absolute Gasteiger partial charge is 0.137 e. The van der Waals surface area contributed by atoms with Gasteiger partial charge in [-0.1, -0.05) is 0 Å². The zero-order chi connectivity index (χ0) is 10.7. The van der Waals surface area contributed by atoms with Crippen molar-refractivity contribution in [3.8, 4) is 5.75 Å². The van der Waals surface area contributed by atoms with E-state index in [0.29, 0.717) is 11.3 Å². The zero-order valence-corrected chi connectivity index (χ0v) is 9.21. The average molecular weight is 264 g/mol. The molecular weight excluding hydrogens is 253 g/mol. The highest BCUT2D eigenvalue weighted by molar-refractivity contribution is 9.10. The van der Waals surface area contributed by atoms with Gasteiger partial charge in [0.1, 0.15) is 11.6 Å². The lowest BCUT2D eigenvalue weighted by Gasteiger charge is -2.15. The fourth-order valence-electron chi connectivity index (χ4n) is 1.16. The van der Waals surface area contributed by atoms with E-state index in [1.807, 2.05) is 0 Å². The van der Waals surface area contributed by atoms with Crippen LogP contribution in [-0.2, 0) is 0 Å². The fourth-order valence-corrected chi connectivity index (χ4v) is 1.78. The van der Waals surface area contributed by atoms with Crippen LogP contribution in [0.1, 0.15) is 11.6 Å². The molecule has 0 saturated carbocycles. The van der Waals surface area contributed by atoms with Crippen molar-refractivity contribution in [2.45, 2.75) is 6.04 Å². The monoisotopic (exact) mass is 263 g/mol. The van der Waals surface area contributed by atoms with E-state index in [-0.39, 0.29) is 11.1 Å². The van der Waals surface area contributed by atoms with Crippen molar-refractivity contribution in [2.75, 3.05) is 13.7 Å². The van der Waals surface area contributed by atoms with Crippen molar-refractivity contribution in [2.24, 2.45) is 5.73 Å². The van der Waals surface area contributed by atoms with Crippen LogP contribution in [0.15, 0.2) is 16.6 Å². The van der Waals surface area contributed by atoms with Crippen molar-refractivity contribution < 1.29 is 14.2 Å². The first-order valence-corrected chi connectivity index (χ1v) is 4.79. The molecule has 0 amide bonds. The quantitative estimate of drug-likeness (QED) is 0.871. The predicted molar refractivity (Wildman–Crippen MR) is 54.7 cm³/mol. The van der Waals surface area contributed by atoms with E-state index < -0.39 is 11.9 Å². The number of hydrogen-bond donors (Lipinski definition) is 2. The minimum Gasteiger partial charge on any atom is -0.496 e. The number of aliphatic hydroxyl groups excluding tert-OH is 1. The molecule has 0 aliphatic rings. The molecule has 3 nitrogen and oxygen atoms in total. The van der Waals surface area contributed by atoms with Crippen LogP contribution in [0, 0.1) is 5.82 Å². The first-order chi connectivity index (χ1) is 6.61. The number of methoxy groups -OCH3 is 1. The van der Waals surface area contributed by atoms with Crippen LogP contribution < -0.4 is 10.5 Å². The van der Waals surface area contributed by atoms with Gasteiger partial charge in [-0.05, 0) is 28.1 Å². The molecule has 0 fully saturated rings. The highest BCUT2D eigenvalue weighted by atomic mass is 79.9. The molecule has 0 heterocycles. The van der Waals surface area contributed by atoms with Gasteiger partial charge in [0.2, 0.25) is 0 Å². The molecule has 1 aromatic rings. The van der Waals surface area contributed by atoms with Gasteiger partial charge in [0.05, 0.1) is 24.2 Å². The topological polar surface area (TPSA) is 55.5 Å². The van der Waals surface area contributed by atoms with E-state index in [1.54, 1.807) is 0 Å². The van der Waals surface area contributed by atoms with Gasteiger partial charge in [0.25, 0.3) is 0 Å². The number of rotatable bonds is 3. The summed E-state index contributed by atoms with van der Waals surface area (Å²) in [6.45, 7) is -0.265. The molecule has 0 aromatic heterocycles. The van der Waals surface area contributed by atoms with Crippen LogP contribution in [0.5, 0.6) is 5.75 Å². The van der Waals surface area contributed by atoms with Gasteiger partial charge in [-0.2, -0.15) is 0 Å². The van der Waals surface area contributed by atoms with Crippen molar-refractivity contribution in [3.05, 3.63) is 28.0 Å². The van der Waals surface area contributed by atoms with E-state index in [4.69, 9.17) is 15.6 Å². The molecule has 1 unspecified atom stereocenters. The minimum absolute atomic E-state index is 0.235. The molecule has 0 aliphatic carbocycles. The second-order valence-electron chi connectivity index (χ2n) is 2.77. The Balaban J connectivity index is 3.27. The summed E-state index contributed by atoms with van der Waals surface area (Å²) >= 11 is 3.07. The third-order valence-corrected chi connectivity index (χ3v) is 2.69. The Morgan fingerprint density at radius 2 is 2.29 bits per heavy atom. The number of benzene rings is 1. The maximum Gasteiger partial charge on any atom is 0.137 e. The van der Waals surface area contributed by atoms with Gasteiger partial charge in [0, 0.05) is 5.56 Å². The molecule has 0 radical (unpaired) electrons. The lowest BCUT2D eigenvalue weighted by molar-refractivity contribution is 0.264. The SMILES string of the molecule is COc1ccc(F)c(Br)c1C(N)CO. The molecule has 14 heavy (non-hydrogen) atoms. The van der Waals surface area contributed by atoms with Gasteiger partial charge < -0.3 is 15.6 Å². The number of halogens is 2. The molecule has 5 heteroatoms. The van der Waals surface area contributed by atoms with Crippen LogP contribution >= 0.6 is 15.9 Å². The second-order valence-corrected chi connectivity index (χ2v) is 3.56. The summed E-state index contributed by atoms with van der Waals surface area (Å²) in [5, 5.41) is 8.90. The van der Waals surface area contributed by atoms with Crippen molar-refractivity contribution in [3.63, 3.8) is 0 Å². The minimum atomic E-state index is -0.657. The Labute approximate surface area is 89.8 Å². The third-order valence-electron chi connectivity index (χ3n) is 1.88. The maximum absolute atomic E-state index is 13.2. The summed E-state index contributed by atoms with van der Waals surface area (Å²) in [7, 11) is 1.47. The van der Waals surface area contributed by atoms with Crippen molar-refractivity contribution in [1.29, 1.82) is 0 Å². The molecular formula is C9H11BrFNO2. The Bertz CT molecular complexity index is 333. The fraction of sp³-hybridized carbons (Fsp3) is 0.333. The standard InChI is InChI=1S/C9H11BrFNO2/c1-14-7-3-2-5(11)9(10)8(7)6(12)4-13/h2-3,6,13H,4,12H2,1H3. The van der Waals surface area contributed by atoms with Crippen LogP contribution in [0.3, 0.4) is 0 Å². The van der Waals surface area contributed by atoms with E-state index >= 15 is 0 Å². The lowest BCUT2D eigenvalue weighted by Crippen LogP contribution is -2.16. The molecule has 0 saturated heterocycles. The normalized spacial score (nSPS) is 12.6.